The summed E-state index contributed by atoms with van der Waals surface area (Å²) in [6.07, 6.45) is 0. The van der Waals surface area contributed by atoms with E-state index in [1.54, 1.807) is 12.1 Å². The molecule has 0 amide bonds. The first-order valence-corrected chi connectivity index (χ1v) is 9.74. The van der Waals surface area contributed by atoms with E-state index in [9.17, 15) is 4.79 Å². The number of hydrogen-bond donors (Lipinski definition) is 0. The van der Waals surface area contributed by atoms with Crippen LogP contribution in [0.15, 0.2) is 57.7 Å². The van der Waals surface area contributed by atoms with Gasteiger partial charge in [0.05, 0.1) is 22.0 Å². The van der Waals surface area contributed by atoms with Gasteiger partial charge in [-0.05, 0) is 29.8 Å². The van der Waals surface area contributed by atoms with Crippen molar-refractivity contribution in [2.24, 2.45) is 0 Å². The quantitative estimate of drug-likeness (QED) is 0.647. The van der Waals surface area contributed by atoms with E-state index in [2.05, 4.69) is 9.80 Å². The van der Waals surface area contributed by atoms with Crippen molar-refractivity contribution in [3.8, 4) is 0 Å². The molecule has 1 aliphatic rings. The van der Waals surface area contributed by atoms with Crippen molar-refractivity contribution in [2.75, 3.05) is 26.2 Å². The molecule has 2 heterocycles. The Hall–Kier alpha value is -1.85. The minimum atomic E-state index is 0.0186. The molecular weight excluding hydrogens is 383 g/mol. The van der Waals surface area contributed by atoms with Crippen molar-refractivity contribution in [3.05, 3.63) is 80.1 Å². The van der Waals surface area contributed by atoms with Gasteiger partial charge in [0.1, 0.15) is 11.3 Å². The maximum Gasteiger partial charge on any atom is 0.192 e. The molecule has 0 unspecified atom stereocenters. The predicted molar refractivity (Wildman–Crippen MR) is 110 cm³/mol. The van der Waals surface area contributed by atoms with E-state index in [0.717, 1.165) is 38.5 Å². The Labute approximate surface area is 167 Å². The molecule has 0 bridgehead atoms. The summed E-state index contributed by atoms with van der Waals surface area (Å²) in [4.78, 5) is 17.0. The fourth-order valence-corrected chi connectivity index (χ4v) is 3.77. The molecule has 0 aliphatic carbocycles. The monoisotopic (exact) mass is 402 g/mol. The molecule has 4 rings (SSSR count). The van der Waals surface area contributed by atoms with Crippen LogP contribution >= 0.6 is 23.2 Å². The minimum Gasteiger partial charge on any atom is -0.459 e. The SMILES string of the molecule is O=c1cc(CN2CCN(Cc3ccc(Cl)c(Cl)c3)CC2)oc2ccccc12. The minimum absolute atomic E-state index is 0.0186. The second-order valence-electron chi connectivity index (χ2n) is 6.87. The van der Waals surface area contributed by atoms with E-state index in [4.69, 9.17) is 27.6 Å². The van der Waals surface area contributed by atoms with Crippen molar-refractivity contribution in [1.29, 1.82) is 0 Å². The lowest BCUT2D eigenvalue weighted by atomic mass is 10.2. The highest BCUT2D eigenvalue weighted by Gasteiger charge is 2.18. The van der Waals surface area contributed by atoms with Crippen LogP contribution in [0.4, 0.5) is 0 Å². The normalized spacial score (nSPS) is 16.1. The van der Waals surface area contributed by atoms with Crippen molar-refractivity contribution >= 4 is 34.2 Å². The fraction of sp³-hybridized carbons (Fsp3) is 0.286. The number of hydrogen-bond acceptors (Lipinski definition) is 4. The van der Waals surface area contributed by atoms with Gasteiger partial charge in [-0.25, -0.2) is 0 Å². The van der Waals surface area contributed by atoms with Crippen LogP contribution in [0.25, 0.3) is 11.0 Å². The summed E-state index contributed by atoms with van der Waals surface area (Å²) in [5.41, 5.74) is 1.83. The van der Waals surface area contributed by atoms with Gasteiger partial charge in [0, 0.05) is 38.8 Å². The van der Waals surface area contributed by atoms with Gasteiger partial charge in [0.15, 0.2) is 5.43 Å². The fourth-order valence-electron chi connectivity index (χ4n) is 3.45. The Morgan fingerprint density at radius 3 is 2.30 bits per heavy atom. The first kappa shape index (κ1) is 18.5. The van der Waals surface area contributed by atoms with E-state index in [1.807, 2.05) is 36.4 Å². The number of fused-ring (bicyclic) bond motifs is 1. The third-order valence-corrected chi connectivity index (χ3v) is 5.66. The zero-order valence-electron chi connectivity index (χ0n) is 14.8. The summed E-state index contributed by atoms with van der Waals surface area (Å²) < 4.78 is 5.91. The molecule has 0 radical (unpaired) electrons. The average molecular weight is 403 g/mol. The summed E-state index contributed by atoms with van der Waals surface area (Å²) in [6.45, 7) is 5.28. The highest BCUT2D eigenvalue weighted by molar-refractivity contribution is 6.42. The molecule has 27 heavy (non-hydrogen) atoms. The number of piperazine rings is 1. The van der Waals surface area contributed by atoms with Crippen LogP contribution in [0.3, 0.4) is 0 Å². The van der Waals surface area contributed by atoms with Crippen LogP contribution in [0.2, 0.25) is 10.0 Å². The van der Waals surface area contributed by atoms with Gasteiger partial charge in [-0.3, -0.25) is 14.6 Å². The highest BCUT2D eigenvalue weighted by atomic mass is 35.5. The zero-order chi connectivity index (χ0) is 18.8. The van der Waals surface area contributed by atoms with Crippen molar-refractivity contribution in [1.82, 2.24) is 9.80 Å². The molecule has 140 valence electrons. The standard InChI is InChI=1S/C21H20Cl2N2O2/c22-18-6-5-15(11-19(18)23)13-24-7-9-25(10-8-24)14-16-12-20(26)17-3-1-2-4-21(17)27-16/h1-6,11-12H,7-10,13-14H2. The van der Waals surface area contributed by atoms with Crippen molar-refractivity contribution in [3.63, 3.8) is 0 Å². The summed E-state index contributed by atoms with van der Waals surface area (Å²) in [5, 5.41) is 1.81. The summed E-state index contributed by atoms with van der Waals surface area (Å²) in [7, 11) is 0. The second-order valence-corrected chi connectivity index (χ2v) is 7.69. The largest absolute Gasteiger partial charge is 0.459 e. The van der Waals surface area contributed by atoms with E-state index in [1.165, 1.54) is 5.56 Å². The molecule has 0 saturated carbocycles. The lowest BCUT2D eigenvalue weighted by Crippen LogP contribution is -2.45. The first-order chi connectivity index (χ1) is 13.1. The molecule has 0 spiro atoms. The maximum atomic E-state index is 12.2. The highest BCUT2D eigenvalue weighted by Crippen LogP contribution is 2.23. The third-order valence-electron chi connectivity index (χ3n) is 4.92. The van der Waals surface area contributed by atoms with Crippen molar-refractivity contribution in [2.45, 2.75) is 13.1 Å². The lowest BCUT2D eigenvalue weighted by molar-refractivity contribution is 0.116. The lowest BCUT2D eigenvalue weighted by Gasteiger charge is -2.34. The van der Waals surface area contributed by atoms with E-state index in [0.29, 0.717) is 27.6 Å². The smallest absolute Gasteiger partial charge is 0.192 e. The molecular formula is C21H20Cl2N2O2. The summed E-state index contributed by atoms with van der Waals surface area (Å²) in [5.74, 6) is 0.719. The molecule has 2 aromatic carbocycles. The molecule has 1 fully saturated rings. The summed E-state index contributed by atoms with van der Waals surface area (Å²) >= 11 is 12.1. The van der Waals surface area contributed by atoms with E-state index < -0.39 is 0 Å². The predicted octanol–water partition coefficient (Wildman–Crippen LogP) is 4.42. The van der Waals surface area contributed by atoms with Gasteiger partial charge in [-0.2, -0.15) is 0 Å². The average Bonchev–Trinajstić information content (AvgIpc) is 2.66. The summed E-state index contributed by atoms with van der Waals surface area (Å²) in [6, 6.07) is 14.8. The molecule has 6 heteroatoms. The van der Waals surface area contributed by atoms with Crippen LogP contribution < -0.4 is 5.43 Å². The molecule has 0 atom stereocenters. The van der Waals surface area contributed by atoms with Crippen LogP contribution in [0, 0.1) is 0 Å². The van der Waals surface area contributed by atoms with Gasteiger partial charge < -0.3 is 4.42 Å². The van der Waals surface area contributed by atoms with Crippen LogP contribution in [-0.4, -0.2) is 36.0 Å². The Morgan fingerprint density at radius 2 is 1.56 bits per heavy atom. The molecule has 1 aliphatic heterocycles. The van der Waals surface area contributed by atoms with Crippen molar-refractivity contribution < 1.29 is 4.42 Å². The van der Waals surface area contributed by atoms with Crippen LogP contribution in [0.5, 0.6) is 0 Å². The van der Waals surface area contributed by atoms with Crippen LogP contribution in [0.1, 0.15) is 11.3 Å². The Morgan fingerprint density at radius 1 is 0.852 bits per heavy atom. The van der Waals surface area contributed by atoms with Gasteiger partial charge in [-0.15, -0.1) is 0 Å². The van der Waals surface area contributed by atoms with Gasteiger partial charge in [0.2, 0.25) is 0 Å². The Bertz CT molecular complexity index is 1010. The number of para-hydroxylation sites is 1. The first-order valence-electron chi connectivity index (χ1n) is 8.99. The molecule has 0 N–H and O–H groups in total. The second kappa shape index (κ2) is 8.03. The van der Waals surface area contributed by atoms with Gasteiger partial charge in [-0.1, -0.05) is 41.4 Å². The topological polar surface area (TPSA) is 36.7 Å². The number of halogens is 2. The zero-order valence-corrected chi connectivity index (χ0v) is 16.3. The number of benzene rings is 2. The Kier molecular flexibility index (Phi) is 5.50. The van der Waals surface area contributed by atoms with Gasteiger partial charge in [0.25, 0.3) is 0 Å². The Balaban J connectivity index is 1.37. The van der Waals surface area contributed by atoms with E-state index >= 15 is 0 Å². The van der Waals surface area contributed by atoms with Crippen LogP contribution in [-0.2, 0) is 13.1 Å². The number of nitrogens with zero attached hydrogens (tertiary/aromatic N) is 2. The molecule has 3 aromatic rings. The van der Waals surface area contributed by atoms with E-state index in [-0.39, 0.29) is 5.43 Å². The maximum absolute atomic E-state index is 12.2. The molecule has 1 aromatic heterocycles. The third kappa shape index (κ3) is 4.36. The molecule has 4 nitrogen and oxygen atoms in total. The number of rotatable bonds is 4. The van der Waals surface area contributed by atoms with Gasteiger partial charge >= 0.3 is 0 Å². The molecule has 1 saturated heterocycles.